The number of carbonyl (C=O) groups excluding carboxylic acids is 1. The normalized spacial score (nSPS) is 12.3. The molecule has 1 unspecified atom stereocenters. The van der Waals surface area contributed by atoms with E-state index in [2.05, 4.69) is 25.3 Å². The molecular formula is C11H16N6O. The van der Waals surface area contributed by atoms with E-state index < -0.39 is 6.04 Å². The van der Waals surface area contributed by atoms with Gasteiger partial charge in [0.25, 0.3) is 0 Å². The first-order valence-corrected chi connectivity index (χ1v) is 5.74. The molecule has 96 valence electrons. The number of aromatic amines is 2. The van der Waals surface area contributed by atoms with Crippen LogP contribution in [-0.4, -0.2) is 38.4 Å². The van der Waals surface area contributed by atoms with Gasteiger partial charge in [-0.25, -0.2) is 9.97 Å². The number of nitrogens with zero attached hydrogens (tertiary/aromatic N) is 2. The fourth-order valence-electron chi connectivity index (χ4n) is 1.59. The van der Waals surface area contributed by atoms with Crippen LogP contribution in [0.2, 0.25) is 0 Å². The highest BCUT2D eigenvalue weighted by Crippen LogP contribution is 1.96. The Bertz CT molecular complexity index is 464. The van der Waals surface area contributed by atoms with Crippen molar-refractivity contribution in [3.05, 3.63) is 36.4 Å². The van der Waals surface area contributed by atoms with Crippen LogP contribution in [-0.2, 0) is 17.6 Å². The zero-order chi connectivity index (χ0) is 12.8. The van der Waals surface area contributed by atoms with Crippen LogP contribution >= 0.6 is 0 Å². The van der Waals surface area contributed by atoms with Crippen LogP contribution in [0.1, 0.15) is 11.4 Å². The van der Waals surface area contributed by atoms with Crippen molar-refractivity contribution in [1.82, 2.24) is 25.3 Å². The van der Waals surface area contributed by atoms with Gasteiger partial charge in [0, 0.05) is 31.8 Å². The van der Waals surface area contributed by atoms with Gasteiger partial charge in [-0.15, -0.1) is 0 Å². The van der Waals surface area contributed by atoms with Crippen LogP contribution < -0.4 is 11.1 Å². The Kier molecular flexibility index (Phi) is 4.08. The maximum Gasteiger partial charge on any atom is 0.237 e. The van der Waals surface area contributed by atoms with E-state index in [9.17, 15) is 4.79 Å². The molecule has 2 heterocycles. The van der Waals surface area contributed by atoms with Gasteiger partial charge in [0.2, 0.25) is 5.91 Å². The SMILES string of the molecule is NC(Cc1c[nH]cn1)C(=O)NCCc1c[nH]cn1. The number of nitrogens with two attached hydrogens (primary N) is 1. The van der Waals surface area contributed by atoms with Crippen molar-refractivity contribution in [3.63, 3.8) is 0 Å². The third kappa shape index (κ3) is 3.42. The van der Waals surface area contributed by atoms with Gasteiger partial charge in [-0.1, -0.05) is 0 Å². The van der Waals surface area contributed by atoms with E-state index in [0.717, 1.165) is 11.4 Å². The molecule has 18 heavy (non-hydrogen) atoms. The zero-order valence-electron chi connectivity index (χ0n) is 9.89. The lowest BCUT2D eigenvalue weighted by Gasteiger charge is -2.10. The van der Waals surface area contributed by atoms with Gasteiger partial charge in [-0.3, -0.25) is 4.79 Å². The van der Waals surface area contributed by atoms with Crippen molar-refractivity contribution in [2.75, 3.05) is 6.54 Å². The summed E-state index contributed by atoms with van der Waals surface area (Å²) < 4.78 is 0. The van der Waals surface area contributed by atoms with Crippen molar-refractivity contribution in [2.45, 2.75) is 18.9 Å². The molecular weight excluding hydrogens is 232 g/mol. The number of amides is 1. The number of imidazole rings is 2. The van der Waals surface area contributed by atoms with Crippen molar-refractivity contribution in [1.29, 1.82) is 0 Å². The lowest BCUT2D eigenvalue weighted by molar-refractivity contribution is -0.122. The molecule has 0 spiro atoms. The Morgan fingerprint density at radius 2 is 1.94 bits per heavy atom. The Balaban J connectivity index is 1.70. The number of hydrogen-bond donors (Lipinski definition) is 4. The molecule has 5 N–H and O–H groups in total. The van der Waals surface area contributed by atoms with Crippen LogP contribution in [0.3, 0.4) is 0 Å². The van der Waals surface area contributed by atoms with E-state index in [-0.39, 0.29) is 5.91 Å². The van der Waals surface area contributed by atoms with Gasteiger partial charge in [0.05, 0.1) is 30.1 Å². The van der Waals surface area contributed by atoms with Gasteiger partial charge in [0.15, 0.2) is 0 Å². The van der Waals surface area contributed by atoms with E-state index in [1.54, 1.807) is 25.0 Å². The predicted octanol–water partition coefficient (Wildman–Crippen LogP) is -0.638. The summed E-state index contributed by atoms with van der Waals surface area (Å²) in [6.07, 6.45) is 7.83. The molecule has 2 aromatic rings. The van der Waals surface area contributed by atoms with E-state index in [1.807, 2.05) is 0 Å². The molecule has 0 aliphatic carbocycles. The average Bonchev–Trinajstić information content (AvgIpc) is 3.01. The van der Waals surface area contributed by atoms with Gasteiger partial charge in [0.1, 0.15) is 0 Å². The smallest absolute Gasteiger partial charge is 0.237 e. The minimum atomic E-state index is -0.576. The van der Waals surface area contributed by atoms with Crippen LogP contribution in [0.15, 0.2) is 25.0 Å². The highest BCUT2D eigenvalue weighted by molar-refractivity contribution is 5.81. The molecule has 0 aliphatic heterocycles. The van der Waals surface area contributed by atoms with Crippen molar-refractivity contribution < 1.29 is 4.79 Å². The van der Waals surface area contributed by atoms with E-state index in [4.69, 9.17) is 5.73 Å². The lowest BCUT2D eigenvalue weighted by Crippen LogP contribution is -2.42. The standard InChI is InChI=1S/C11H16N6O/c12-10(3-9-5-14-7-17-9)11(18)15-2-1-8-4-13-6-16-8/h4-7,10H,1-3,12H2,(H,13,16)(H,14,17)(H,15,18). The van der Waals surface area contributed by atoms with Crippen LogP contribution in [0, 0.1) is 0 Å². The van der Waals surface area contributed by atoms with Gasteiger partial charge < -0.3 is 21.0 Å². The number of nitrogens with one attached hydrogen (secondary N) is 3. The van der Waals surface area contributed by atoms with E-state index in [1.165, 1.54) is 0 Å². The minimum absolute atomic E-state index is 0.173. The van der Waals surface area contributed by atoms with Gasteiger partial charge in [-0.2, -0.15) is 0 Å². The summed E-state index contributed by atoms with van der Waals surface area (Å²) in [4.78, 5) is 25.5. The monoisotopic (exact) mass is 248 g/mol. The first-order chi connectivity index (χ1) is 8.75. The molecule has 2 rings (SSSR count). The summed E-state index contributed by atoms with van der Waals surface area (Å²) in [5.41, 5.74) is 7.48. The third-order valence-corrected chi connectivity index (χ3v) is 2.56. The molecule has 0 saturated heterocycles. The first-order valence-electron chi connectivity index (χ1n) is 5.74. The molecule has 0 radical (unpaired) electrons. The summed E-state index contributed by atoms with van der Waals surface area (Å²) in [5, 5.41) is 2.78. The van der Waals surface area contributed by atoms with Gasteiger partial charge >= 0.3 is 0 Å². The second-order valence-corrected chi connectivity index (χ2v) is 3.97. The quantitative estimate of drug-likeness (QED) is 0.544. The summed E-state index contributed by atoms with van der Waals surface area (Å²) in [6.45, 7) is 0.526. The highest BCUT2D eigenvalue weighted by atomic mass is 16.2. The molecule has 7 heteroatoms. The molecule has 0 saturated carbocycles. The lowest BCUT2D eigenvalue weighted by atomic mass is 10.1. The van der Waals surface area contributed by atoms with E-state index >= 15 is 0 Å². The number of carbonyl (C=O) groups is 1. The maximum atomic E-state index is 11.7. The second-order valence-electron chi connectivity index (χ2n) is 3.97. The third-order valence-electron chi connectivity index (χ3n) is 2.56. The fraction of sp³-hybridized carbons (Fsp3) is 0.364. The maximum absolute atomic E-state index is 11.7. The molecule has 1 atom stereocenters. The summed E-state index contributed by atoms with van der Waals surface area (Å²) in [6, 6.07) is -0.576. The molecule has 2 aromatic heterocycles. The first kappa shape index (κ1) is 12.3. The predicted molar refractivity (Wildman–Crippen MR) is 65.6 cm³/mol. The minimum Gasteiger partial charge on any atom is -0.354 e. The molecule has 0 bridgehead atoms. The Morgan fingerprint density at radius 1 is 1.28 bits per heavy atom. The van der Waals surface area contributed by atoms with Crippen molar-refractivity contribution in [2.24, 2.45) is 5.73 Å². The number of hydrogen-bond acceptors (Lipinski definition) is 4. The van der Waals surface area contributed by atoms with Gasteiger partial charge in [-0.05, 0) is 0 Å². The van der Waals surface area contributed by atoms with Crippen LogP contribution in [0.4, 0.5) is 0 Å². The topological polar surface area (TPSA) is 112 Å². The molecule has 0 aliphatic rings. The summed E-state index contributed by atoms with van der Waals surface area (Å²) in [5.74, 6) is -0.173. The molecule has 0 aromatic carbocycles. The Labute approximate surface area is 104 Å². The summed E-state index contributed by atoms with van der Waals surface area (Å²) in [7, 11) is 0. The summed E-state index contributed by atoms with van der Waals surface area (Å²) >= 11 is 0. The fourth-order valence-corrected chi connectivity index (χ4v) is 1.59. The largest absolute Gasteiger partial charge is 0.354 e. The van der Waals surface area contributed by atoms with Crippen molar-refractivity contribution in [3.8, 4) is 0 Å². The Morgan fingerprint density at radius 3 is 2.56 bits per heavy atom. The molecule has 1 amide bonds. The average molecular weight is 248 g/mol. The van der Waals surface area contributed by atoms with Crippen LogP contribution in [0.5, 0.6) is 0 Å². The highest BCUT2D eigenvalue weighted by Gasteiger charge is 2.14. The van der Waals surface area contributed by atoms with Crippen LogP contribution in [0.25, 0.3) is 0 Å². The number of H-pyrrole nitrogens is 2. The van der Waals surface area contributed by atoms with Crippen molar-refractivity contribution >= 4 is 5.91 Å². The molecule has 7 nitrogen and oxygen atoms in total. The zero-order valence-corrected chi connectivity index (χ0v) is 9.89. The van der Waals surface area contributed by atoms with E-state index in [0.29, 0.717) is 19.4 Å². The Hall–Kier alpha value is -2.15. The number of rotatable bonds is 6. The second kappa shape index (κ2) is 5.97. The molecule has 0 fully saturated rings. The number of aromatic nitrogens is 4.